The molecule has 3 heteroatoms. The van der Waals surface area contributed by atoms with Gasteiger partial charge in [0.05, 0.1) is 11.7 Å². The van der Waals surface area contributed by atoms with Crippen LogP contribution in [0, 0.1) is 12.8 Å². The van der Waals surface area contributed by atoms with Crippen molar-refractivity contribution in [1.82, 2.24) is 9.38 Å². The normalized spacial score (nSPS) is 20.9. The average Bonchev–Trinajstić information content (AvgIpc) is 2.73. The minimum atomic E-state index is 0.635. The lowest BCUT2D eigenvalue weighted by molar-refractivity contribution is 0.0542. The van der Waals surface area contributed by atoms with Gasteiger partial charge in [0.25, 0.3) is 0 Å². The third kappa shape index (κ3) is 2.20. The minimum absolute atomic E-state index is 0.635. The van der Waals surface area contributed by atoms with Crippen LogP contribution in [-0.2, 0) is 11.2 Å². The SMILES string of the molecule is Cc1ccn2c(CC3CCCOC3)ncc2c1. The van der Waals surface area contributed by atoms with Crippen LogP contribution in [0.3, 0.4) is 0 Å². The van der Waals surface area contributed by atoms with Crippen LogP contribution in [-0.4, -0.2) is 22.6 Å². The molecular weight excluding hydrogens is 212 g/mol. The Hall–Kier alpha value is -1.35. The zero-order valence-electron chi connectivity index (χ0n) is 10.2. The van der Waals surface area contributed by atoms with Crippen molar-refractivity contribution < 1.29 is 4.74 Å². The maximum absolute atomic E-state index is 5.53. The first-order valence-corrected chi connectivity index (χ1v) is 6.33. The summed E-state index contributed by atoms with van der Waals surface area (Å²) in [7, 11) is 0. The summed E-state index contributed by atoms with van der Waals surface area (Å²) in [5.41, 5.74) is 2.47. The van der Waals surface area contributed by atoms with E-state index in [1.54, 1.807) is 0 Å². The Balaban J connectivity index is 1.84. The molecule has 1 saturated heterocycles. The number of fused-ring (bicyclic) bond motifs is 1. The van der Waals surface area contributed by atoms with Gasteiger partial charge in [-0.2, -0.15) is 0 Å². The first kappa shape index (κ1) is 10.8. The van der Waals surface area contributed by atoms with Gasteiger partial charge in [0.2, 0.25) is 0 Å². The summed E-state index contributed by atoms with van der Waals surface area (Å²) in [5.74, 6) is 1.80. The molecule has 0 radical (unpaired) electrons. The van der Waals surface area contributed by atoms with Crippen LogP contribution in [0.4, 0.5) is 0 Å². The van der Waals surface area contributed by atoms with E-state index in [2.05, 4.69) is 34.6 Å². The molecule has 2 aromatic rings. The van der Waals surface area contributed by atoms with Gasteiger partial charge in [-0.1, -0.05) is 0 Å². The highest BCUT2D eigenvalue weighted by atomic mass is 16.5. The number of aryl methyl sites for hydroxylation is 1. The van der Waals surface area contributed by atoms with E-state index in [4.69, 9.17) is 4.74 Å². The van der Waals surface area contributed by atoms with Crippen molar-refractivity contribution in [2.75, 3.05) is 13.2 Å². The lowest BCUT2D eigenvalue weighted by atomic mass is 9.98. The third-order valence-corrected chi connectivity index (χ3v) is 3.49. The molecule has 0 aliphatic carbocycles. The van der Waals surface area contributed by atoms with Crippen LogP contribution >= 0.6 is 0 Å². The van der Waals surface area contributed by atoms with E-state index in [1.165, 1.54) is 23.9 Å². The smallest absolute Gasteiger partial charge is 0.113 e. The fourth-order valence-electron chi connectivity index (χ4n) is 2.54. The molecule has 90 valence electrons. The molecule has 1 aliphatic rings. The number of imidazole rings is 1. The molecule has 17 heavy (non-hydrogen) atoms. The summed E-state index contributed by atoms with van der Waals surface area (Å²) in [6.07, 6.45) is 7.56. The van der Waals surface area contributed by atoms with Gasteiger partial charge in [-0.15, -0.1) is 0 Å². The second kappa shape index (κ2) is 4.49. The molecule has 1 fully saturated rings. The minimum Gasteiger partial charge on any atom is -0.381 e. The van der Waals surface area contributed by atoms with Crippen molar-refractivity contribution in [1.29, 1.82) is 0 Å². The van der Waals surface area contributed by atoms with Gasteiger partial charge in [0.1, 0.15) is 5.82 Å². The van der Waals surface area contributed by atoms with E-state index >= 15 is 0 Å². The average molecular weight is 230 g/mol. The highest BCUT2D eigenvalue weighted by Gasteiger charge is 2.16. The molecule has 0 N–H and O–H groups in total. The predicted octanol–water partition coefficient (Wildman–Crippen LogP) is 2.61. The Morgan fingerprint density at radius 3 is 3.29 bits per heavy atom. The van der Waals surface area contributed by atoms with Crippen LogP contribution in [0.15, 0.2) is 24.5 Å². The maximum Gasteiger partial charge on any atom is 0.113 e. The molecule has 0 saturated carbocycles. The summed E-state index contributed by atoms with van der Waals surface area (Å²) in [6.45, 7) is 3.93. The van der Waals surface area contributed by atoms with Gasteiger partial charge in [-0.3, -0.25) is 0 Å². The van der Waals surface area contributed by atoms with Gasteiger partial charge in [-0.25, -0.2) is 4.98 Å². The molecule has 3 heterocycles. The van der Waals surface area contributed by atoms with Crippen molar-refractivity contribution in [3.05, 3.63) is 35.9 Å². The standard InChI is InChI=1S/C14H18N2O/c1-11-4-5-16-13(7-11)9-15-14(16)8-12-3-2-6-17-10-12/h4-5,7,9,12H,2-3,6,8,10H2,1H3. The Morgan fingerprint density at radius 2 is 2.47 bits per heavy atom. The number of ether oxygens (including phenoxy) is 1. The number of pyridine rings is 1. The summed E-state index contributed by atoms with van der Waals surface area (Å²) >= 11 is 0. The van der Waals surface area contributed by atoms with Crippen molar-refractivity contribution in [2.24, 2.45) is 5.92 Å². The highest BCUT2D eigenvalue weighted by molar-refractivity contribution is 5.48. The lowest BCUT2D eigenvalue weighted by Gasteiger charge is -2.21. The summed E-state index contributed by atoms with van der Waals surface area (Å²) < 4.78 is 7.72. The van der Waals surface area contributed by atoms with Gasteiger partial charge >= 0.3 is 0 Å². The van der Waals surface area contributed by atoms with E-state index in [1.807, 2.05) is 6.20 Å². The number of aromatic nitrogens is 2. The van der Waals surface area contributed by atoms with E-state index < -0.39 is 0 Å². The number of hydrogen-bond donors (Lipinski definition) is 0. The van der Waals surface area contributed by atoms with Gasteiger partial charge < -0.3 is 9.14 Å². The zero-order valence-corrected chi connectivity index (χ0v) is 10.2. The fraction of sp³-hybridized carbons (Fsp3) is 0.500. The van der Waals surface area contributed by atoms with E-state index in [0.29, 0.717) is 5.92 Å². The second-order valence-electron chi connectivity index (χ2n) is 4.96. The molecule has 3 rings (SSSR count). The highest BCUT2D eigenvalue weighted by Crippen LogP contribution is 2.19. The Morgan fingerprint density at radius 1 is 1.53 bits per heavy atom. The molecule has 0 aromatic carbocycles. The van der Waals surface area contributed by atoms with Crippen LogP contribution in [0.25, 0.3) is 5.52 Å². The van der Waals surface area contributed by atoms with Crippen LogP contribution in [0.5, 0.6) is 0 Å². The van der Waals surface area contributed by atoms with Crippen molar-refractivity contribution in [3.63, 3.8) is 0 Å². The Labute approximate surface area is 101 Å². The topological polar surface area (TPSA) is 26.5 Å². The second-order valence-corrected chi connectivity index (χ2v) is 4.96. The van der Waals surface area contributed by atoms with Crippen LogP contribution < -0.4 is 0 Å². The van der Waals surface area contributed by atoms with Crippen LogP contribution in [0.1, 0.15) is 24.2 Å². The zero-order chi connectivity index (χ0) is 11.7. The first-order valence-electron chi connectivity index (χ1n) is 6.33. The predicted molar refractivity (Wildman–Crippen MR) is 67.2 cm³/mol. The molecule has 0 bridgehead atoms. The summed E-state index contributed by atoms with van der Waals surface area (Å²) in [6, 6.07) is 4.31. The lowest BCUT2D eigenvalue weighted by Crippen LogP contribution is -2.20. The summed E-state index contributed by atoms with van der Waals surface area (Å²) in [4.78, 5) is 4.54. The molecule has 1 unspecified atom stereocenters. The van der Waals surface area contributed by atoms with Gasteiger partial charge in [0, 0.05) is 25.8 Å². The fourth-order valence-corrected chi connectivity index (χ4v) is 2.54. The van der Waals surface area contributed by atoms with Gasteiger partial charge in [-0.05, 0) is 43.4 Å². The molecule has 0 amide bonds. The Kier molecular flexibility index (Phi) is 2.85. The van der Waals surface area contributed by atoms with Crippen molar-refractivity contribution in [3.8, 4) is 0 Å². The van der Waals surface area contributed by atoms with Crippen LogP contribution in [0.2, 0.25) is 0 Å². The molecule has 1 atom stereocenters. The van der Waals surface area contributed by atoms with Crippen molar-refractivity contribution in [2.45, 2.75) is 26.2 Å². The van der Waals surface area contributed by atoms with Gasteiger partial charge in [0.15, 0.2) is 0 Å². The molecule has 3 nitrogen and oxygen atoms in total. The van der Waals surface area contributed by atoms with Crippen molar-refractivity contribution >= 4 is 5.52 Å². The van der Waals surface area contributed by atoms with E-state index in [-0.39, 0.29) is 0 Å². The Bertz CT molecular complexity index is 512. The number of nitrogens with zero attached hydrogens (tertiary/aromatic N) is 2. The maximum atomic E-state index is 5.53. The molecule has 2 aromatic heterocycles. The third-order valence-electron chi connectivity index (χ3n) is 3.49. The first-order chi connectivity index (χ1) is 8.33. The quantitative estimate of drug-likeness (QED) is 0.792. The van der Waals surface area contributed by atoms with E-state index in [0.717, 1.165) is 25.5 Å². The number of hydrogen-bond acceptors (Lipinski definition) is 2. The van der Waals surface area contributed by atoms with E-state index in [9.17, 15) is 0 Å². The number of rotatable bonds is 2. The molecule has 1 aliphatic heterocycles. The molecule has 0 spiro atoms. The molecular formula is C14H18N2O. The summed E-state index contributed by atoms with van der Waals surface area (Å²) in [5, 5.41) is 0. The largest absolute Gasteiger partial charge is 0.381 e. The monoisotopic (exact) mass is 230 g/mol.